The number of aromatic nitrogens is 2. The van der Waals surface area contributed by atoms with Gasteiger partial charge < -0.3 is 26.3 Å². The molecule has 1 saturated heterocycles. The van der Waals surface area contributed by atoms with Crippen LogP contribution in [-0.2, 0) is 0 Å². The molecule has 1 atom stereocenters. The van der Waals surface area contributed by atoms with E-state index in [1.807, 2.05) is 19.4 Å². The molecule has 1 fully saturated rings. The molecule has 0 amide bonds. The molecule has 0 radical (unpaired) electrons. The number of allylic oxidation sites excluding steroid dienone is 1. The van der Waals surface area contributed by atoms with E-state index in [0.29, 0.717) is 11.7 Å². The third-order valence-corrected chi connectivity index (χ3v) is 4.30. The molecule has 22 heavy (non-hydrogen) atoms. The number of rotatable bonds is 4. The maximum absolute atomic E-state index is 7.22. The molecule has 2 aromatic heterocycles. The molecule has 6 nitrogen and oxygen atoms in total. The molecule has 3 heterocycles. The lowest BCUT2D eigenvalue weighted by molar-refractivity contribution is 0.450. The van der Waals surface area contributed by atoms with Crippen LogP contribution in [-0.4, -0.2) is 42.4 Å². The van der Waals surface area contributed by atoms with Crippen molar-refractivity contribution in [1.29, 1.82) is 5.41 Å². The number of nitrogens with two attached hydrogens (primary N) is 1. The topological polar surface area (TPSA) is 93.8 Å². The minimum atomic E-state index is 0.508. The van der Waals surface area contributed by atoms with Gasteiger partial charge in [0, 0.05) is 49.0 Å². The van der Waals surface area contributed by atoms with E-state index in [4.69, 9.17) is 11.1 Å². The number of nitrogens with one attached hydrogen (secondary N) is 3. The fourth-order valence-corrected chi connectivity index (χ4v) is 3.14. The standard InChI is InChI=1S/C16H22N6/c1-19-11-3-2-8-22(10-11)14-5-7-20-16-15(14)12(9-21-16)13(18)4-6-17/h4-7,9,11,17,19H,2-3,8,10,18H2,1H3,(H,20,21)/t11-/m0/s1. The zero-order valence-electron chi connectivity index (χ0n) is 12.8. The van der Waals surface area contributed by atoms with Crippen molar-refractivity contribution in [2.75, 3.05) is 25.0 Å². The van der Waals surface area contributed by atoms with Gasteiger partial charge in [-0.3, -0.25) is 0 Å². The Labute approximate surface area is 129 Å². The van der Waals surface area contributed by atoms with Gasteiger partial charge in [-0.25, -0.2) is 4.98 Å². The molecule has 0 aromatic carbocycles. The Kier molecular flexibility index (Phi) is 4.11. The van der Waals surface area contributed by atoms with Crippen LogP contribution >= 0.6 is 0 Å². The molecule has 5 N–H and O–H groups in total. The molecule has 0 aliphatic carbocycles. The van der Waals surface area contributed by atoms with Gasteiger partial charge in [-0.2, -0.15) is 0 Å². The van der Waals surface area contributed by atoms with Gasteiger partial charge >= 0.3 is 0 Å². The number of nitrogens with zero attached hydrogens (tertiary/aromatic N) is 2. The summed E-state index contributed by atoms with van der Waals surface area (Å²) in [4.78, 5) is 9.98. The van der Waals surface area contributed by atoms with Crippen molar-refractivity contribution < 1.29 is 0 Å². The van der Waals surface area contributed by atoms with Gasteiger partial charge in [0.15, 0.2) is 0 Å². The minimum Gasteiger partial charge on any atom is -0.398 e. The average Bonchev–Trinajstić information content (AvgIpc) is 2.99. The van der Waals surface area contributed by atoms with Crippen LogP contribution in [0.5, 0.6) is 0 Å². The van der Waals surface area contributed by atoms with Gasteiger partial charge in [0.25, 0.3) is 0 Å². The van der Waals surface area contributed by atoms with E-state index in [-0.39, 0.29) is 0 Å². The highest BCUT2D eigenvalue weighted by Crippen LogP contribution is 2.32. The first-order valence-electron chi connectivity index (χ1n) is 7.59. The van der Waals surface area contributed by atoms with E-state index in [2.05, 4.69) is 26.3 Å². The number of hydrogen-bond acceptors (Lipinski definition) is 5. The number of aromatic amines is 1. The SMILES string of the molecule is CN[C@H]1CCCN(c2ccnc3[nH]cc(C(N)=CC=N)c23)C1. The Morgan fingerprint density at radius 1 is 1.59 bits per heavy atom. The van der Waals surface area contributed by atoms with E-state index in [1.165, 1.54) is 19.1 Å². The van der Waals surface area contributed by atoms with Gasteiger partial charge in [0.2, 0.25) is 0 Å². The monoisotopic (exact) mass is 298 g/mol. The summed E-state index contributed by atoms with van der Waals surface area (Å²) in [5.41, 5.74) is 9.58. The molecule has 0 bridgehead atoms. The quantitative estimate of drug-likeness (QED) is 0.646. The zero-order chi connectivity index (χ0) is 15.5. The fourth-order valence-electron chi connectivity index (χ4n) is 3.14. The highest BCUT2D eigenvalue weighted by Gasteiger charge is 2.22. The molecule has 0 unspecified atom stereocenters. The maximum atomic E-state index is 7.22. The summed E-state index contributed by atoms with van der Waals surface area (Å²) < 4.78 is 0. The lowest BCUT2D eigenvalue weighted by Crippen LogP contribution is -2.44. The Hall–Kier alpha value is -2.34. The summed E-state index contributed by atoms with van der Waals surface area (Å²) >= 11 is 0. The number of anilines is 1. The first-order chi connectivity index (χ1) is 10.7. The van der Waals surface area contributed by atoms with Crippen LogP contribution in [0.25, 0.3) is 16.7 Å². The maximum Gasteiger partial charge on any atom is 0.140 e. The number of pyridine rings is 1. The molecular weight excluding hydrogens is 276 g/mol. The van der Waals surface area contributed by atoms with Crippen molar-refractivity contribution in [1.82, 2.24) is 15.3 Å². The van der Waals surface area contributed by atoms with Gasteiger partial charge in [-0.05, 0) is 32.0 Å². The predicted molar refractivity (Wildman–Crippen MR) is 91.3 cm³/mol. The molecule has 1 aliphatic rings. The van der Waals surface area contributed by atoms with Crippen molar-refractivity contribution in [3.63, 3.8) is 0 Å². The number of fused-ring (bicyclic) bond motifs is 1. The number of piperidine rings is 1. The summed E-state index contributed by atoms with van der Waals surface area (Å²) in [5.74, 6) is 0. The Balaban J connectivity index is 2.07. The average molecular weight is 298 g/mol. The van der Waals surface area contributed by atoms with Gasteiger partial charge in [-0.15, -0.1) is 0 Å². The second-order valence-electron chi connectivity index (χ2n) is 5.62. The zero-order valence-corrected chi connectivity index (χ0v) is 12.8. The molecule has 1 aliphatic heterocycles. The first-order valence-corrected chi connectivity index (χ1v) is 7.59. The third-order valence-electron chi connectivity index (χ3n) is 4.30. The van der Waals surface area contributed by atoms with Crippen LogP contribution in [0.2, 0.25) is 0 Å². The summed E-state index contributed by atoms with van der Waals surface area (Å²) in [7, 11) is 2.02. The van der Waals surface area contributed by atoms with Crippen LogP contribution in [0.15, 0.2) is 24.5 Å². The Morgan fingerprint density at radius 2 is 2.45 bits per heavy atom. The van der Waals surface area contributed by atoms with Gasteiger partial charge in [0.05, 0.1) is 11.1 Å². The second-order valence-corrected chi connectivity index (χ2v) is 5.62. The van der Waals surface area contributed by atoms with Crippen molar-refractivity contribution in [3.8, 4) is 0 Å². The lowest BCUT2D eigenvalue weighted by Gasteiger charge is -2.34. The predicted octanol–water partition coefficient (Wildman–Crippen LogP) is 1.70. The summed E-state index contributed by atoms with van der Waals surface area (Å²) in [6.07, 6.45) is 8.89. The van der Waals surface area contributed by atoms with Crippen molar-refractivity contribution in [3.05, 3.63) is 30.1 Å². The van der Waals surface area contributed by atoms with Crippen LogP contribution in [0.3, 0.4) is 0 Å². The van der Waals surface area contributed by atoms with E-state index in [9.17, 15) is 0 Å². The van der Waals surface area contributed by atoms with Crippen LogP contribution in [0.4, 0.5) is 5.69 Å². The Morgan fingerprint density at radius 3 is 3.23 bits per heavy atom. The van der Waals surface area contributed by atoms with E-state index >= 15 is 0 Å². The van der Waals surface area contributed by atoms with Crippen LogP contribution < -0.4 is 16.0 Å². The molecule has 116 valence electrons. The normalized spacial score (nSPS) is 19.6. The molecule has 6 heteroatoms. The first kappa shape index (κ1) is 14.6. The molecule has 0 saturated carbocycles. The van der Waals surface area contributed by atoms with E-state index in [0.717, 1.165) is 35.4 Å². The van der Waals surface area contributed by atoms with Crippen molar-refractivity contribution in [2.45, 2.75) is 18.9 Å². The Bertz CT molecular complexity index is 702. The highest BCUT2D eigenvalue weighted by atomic mass is 15.2. The molecule has 0 spiro atoms. The third kappa shape index (κ3) is 2.57. The molecule has 3 rings (SSSR count). The number of H-pyrrole nitrogens is 1. The van der Waals surface area contributed by atoms with Gasteiger partial charge in [-0.1, -0.05) is 0 Å². The van der Waals surface area contributed by atoms with Gasteiger partial charge in [0.1, 0.15) is 5.65 Å². The van der Waals surface area contributed by atoms with Crippen molar-refractivity contribution >= 4 is 28.6 Å². The summed E-state index contributed by atoms with van der Waals surface area (Å²) in [6.45, 7) is 2.02. The highest BCUT2D eigenvalue weighted by molar-refractivity contribution is 6.01. The largest absolute Gasteiger partial charge is 0.398 e. The number of likely N-dealkylation sites (N-methyl/N-ethyl adjacent to an activating group) is 1. The van der Waals surface area contributed by atoms with Crippen LogP contribution in [0.1, 0.15) is 18.4 Å². The second kappa shape index (κ2) is 6.19. The number of hydrogen-bond donors (Lipinski definition) is 4. The molecular formula is C16H22N6. The summed E-state index contributed by atoms with van der Waals surface area (Å²) in [6, 6.07) is 2.56. The lowest BCUT2D eigenvalue weighted by atomic mass is 10.0. The smallest absolute Gasteiger partial charge is 0.140 e. The van der Waals surface area contributed by atoms with Crippen molar-refractivity contribution in [2.24, 2.45) is 5.73 Å². The van der Waals surface area contributed by atoms with E-state index in [1.54, 1.807) is 6.08 Å². The van der Waals surface area contributed by atoms with Crippen LogP contribution in [0, 0.1) is 5.41 Å². The fraction of sp³-hybridized carbons (Fsp3) is 0.375. The summed E-state index contributed by atoms with van der Waals surface area (Å²) in [5, 5.41) is 11.6. The molecule has 2 aromatic rings. The van der Waals surface area contributed by atoms with E-state index < -0.39 is 0 Å². The minimum absolute atomic E-state index is 0.508.